The van der Waals surface area contributed by atoms with E-state index in [9.17, 15) is 9.59 Å². The molecule has 0 fully saturated rings. The zero-order valence-electron chi connectivity index (χ0n) is 15.4. The van der Waals surface area contributed by atoms with E-state index in [0.717, 1.165) is 16.7 Å². The van der Waals surface area contributed by atoms with Crippen LogP contribution in [0.15, 0.2) is 42.7 Å². The predicted octanol–water partition coefficient (Wildman–Crippen LogP) is 1.07. The first-order valence-electron chi connectivity index (χ1n) is 8.58. The van der Waals surface area contributed by atoms with E-state index in [-0.39, 0.29) is 6.54 Å². The summed E-state index contributed by atoms with van der Waals surface area (Å²) in [5.41, 5.74) is 9.60. The Morgan fingerprint density at radius 1 is 1.22 bits per heavy atom. The van der Waals surface area contributed by atoms with Gasteiger partial charge in [0.05, 0.1) is 6.07 Å². The molecular formula is C20H23N5O2. The Bertz CT molecular complexity index is 825. The van der Waals surface area contributed by atoms with Crippen molar-refractivity contribution in [2.75, 3.05) is 6.54 Å². The Hall–Kier alpha value is -3.24. The number of benzene rings is 1. The third-order valence-electron chi connectivity index (χ3n) is 4.02. The van der Waals surface area contributed by atoms with E-state index in [4.69, 9.17) is 11.0 Å². The van der Waals surface area contributed by atoms with Crippen LogP contribution in [0.5, 0.6) is 0 Å². The zero-order chi connectivity index (χ0) is 19.8. The van der Waals surface area contributed by atoms with E-state index in [0.29, 0.717) is 12.0 Å². The molecule has 2 aromatic rings. The van der Waals surface area contributed by atoms with Gasteiger partial charge in [-0.15, -0.1) is 0 Å². The van der Waals surface area contributed by atoms with Gasteiger partial charge in [0.2, 0.25) is 11.8 Å². The Labute approximate surface area is 158 Å². The second-order valence-corrected chi connectivity index (χ2v) is 6.40. The lowest BCUT2D eigenvalue weighted by Crippen LogP contribution is -2.50. The molecule has 1 aromatic heterocycles. The van der Waals surface area contributed by atoms with Crippen LogP contribution in [0.2, 0.25) is 0 Å². The lowest BCUT2D eigenvalue weighted by molar-refractivity contribution is -0.129. The topological polar surface area (TPSA) is 121 Å². The summed E-state index contributed by atoms with van der Waals surface area (Å²) in [4.78, 5) is 28.9. The molecule has 27 heavy (non-hydrogen) atoms. The van der Waals surface area contributed by atoms with Gasteiger partial charge in [0, 0.05) is 18.8 Å². The molecule has 2 amide bonds. The fraction of sp³-hybridized carbons (Fsp3) is 0.300. The molecule has 0 aliphatic carbocycles. The molecule has 0 aliphatic rings. The van der Waals surface area contributed by atoms with Crippen LogP contribution in [0.4, 0.5) is 0 Å². The second-order valence-electron chi connectivity index (χ2n) is 6.40. The molecule has 0 saturated heterocycles. The maximum atomic E-state index is 12.5. The number of aryl methyl sites for hydroxylation is 2. The highest BCUT2D eigenvalue weighted by atomic mass is 16.2. The highest BCUT2D eigenvalue weighted by Gasteiger charge is 2.25. The van der Waals surface area contributed by atoms with E-state index < -0.39 is 23.9 Å². The van der Waals surface area contributed by atoms with Crippen LogP contribution in [0, 0.1) is 25.2 Å². The number of carbonyl (C=O) groups excluding carboxylic acids is 2. The summed E-state index contributed by atoms with van der Waals surface area (Å²) >= 11 is 0. The fourth-order valence-electron chi connectivity index (χ4n) is 2.85. The Balaban J connectivity index is 2.17. The molecule has 140 valence electrons. The van der Waals surface area contributed by atoms with Gasteiger partial charge in [-0.2, -0.15) is 5.26 Å². The molecule has 4 N–H and O–H groups in total. The first-order chi connectivity index (χ1) is 12.9. The number of carbonyl (C=O) groups is 2. The van der Waals surface area contributed by atoms with Crippen molar-refractivity contribution < 1.29 is 9.59 Å². The van der Waals surface area contributed by atoms with Crippen LogP contribution in [0.25, 0.3) is 0 Å². The molecule has 0 saturated carbocycles. The minimum Gasteiger partial charge on any atom is -0.342 e. The van der Waals surface area contributed by atoms with Crippen molar-refractivity contribution >= 4 is 11.8 Å². The minimum atomic E-state index is -0.941. The van der Waals surface area contributed by atoms with Crippen molar-refractivity contribution in [1.82, 2.24) is 15.6 Å². The van der Waals surface area contributed by atoms with Gasteiger partial charge in [0.15, 0.2) is 0 Å². The number of nitrogens with one attached hydrogen (secondary N) is 2. The lowest BCUT2D eigenvalue weighted by Gasteiger charge is -2.21. The minimum absolute atomic E-state index is 0.132. The summed E-state index contributed by atoms with van der Waals surface area (Å²) in [5, 5.41) is 13.9. The van der Waals surface area contributed by atoms with E-state index >= 15 is 0 Å². The van der Waals surface area contributed by atoms with Crippen LogP contribution in [0.3, 0.4) is 0 Å². The third-order valence-corrected chi connectivity index (χ3v) is 4.02. The van der Waals surface area contributed by atoms with E-state index in [1.807, 2.05) is 38.1 Å². The number of amides is 2. The molecular weight excluding hydrogens is 342 g/mol. The molecule has 2 unspecified atom stereocenters. The average Bonchev–Trinajstić information content (AvgIpc) is 2.64. The van der Waals surface area contributed by atoms with Gasteiger partial charge >= 0.3 is 0 Å². The molecule has 0 bridgehead atoms. The molecule has 0 spiro atoms. The molecule has 2 rings (SSSR count). The predicted molar refractivity (Wildman–Crippen MR) is 101 cm³/mol. The zero-order valence-corrected chi connectivity index (χ0v) is 15.4. The van der Waals surface area contributed by atoms with Crippen LogP contribution in [-0.2, 0) is 16.0 Å². The SMILES string of the molecule is Cc1cc(C)cc(CC(NC(=O)C(N)c2cccnc2)C(=O)NCC#N)c1. The molecule has 0 aliphatic heterocycles. The summed E-state index contributed by atoms with van der Waals surface area (Å²) in [5.74, 6) is -0.910. The van der Waals surface area contributed by atoms with Gasteiger partial charge in [0.1, 0.15) is 18.6 Å². The highest BCUT2D eigenvalue weighted by Crippen LogP contribution is 2.13. The lowest BCUT2D eigenvalue weighted by atomic mass is 10.00. The fourth-order valence-corrected chi connectivity index (χ4v) is 2.85. The monoisotopic (exact) mass is 365 g/mol. The van der Waals surface area contributed by atoms with Gasteiger partial charge in [-0.3, -0.25) is 14.6 Å². The Morgan fingerprint density at radius 3 is 2.52 bits per heavy atom. The number of rotatable bonds is 7. The summed E-state index contributed by atoms with van der Waals surface area (Å²) in [6.45, 7) is 3.81. The van der Waals surface area contributed by atoms with Crippen molar-refractivity contribution in [2.45, 2.75) is 32.4 Å². The number of pyridine rings is 1. The van der Waals surface area contributed by atoms with Gasteiger partial charge in [0.25, 0.3) is 0 Å². The standard InChI is InChI=1S/C20H23N5O2/c1-13-8-14(2)10-15(9-13)11-17(19(26)24-7-5-21)25-20(27)18(22)16-4-3-6-23-12-16/h3-4,6,8-10,12,17-18H,7,11,22H2,1-2H3,(H,24,26)(H,25,27). The quantitative estimate of drug-likeness (QED) is 0.634. The van der Waals surface area contributed by atoms with Crippen LogP contribution < -0.4 is 16.4 Å². The van der Waals surface area contributed by atoms with Crippen molar-refractivity contribution in [1.29, 1.82) is 5.26 Å². The molecule has 2 atom stereocenters. The first-order valence-corrected chi connectivity index (χ1v) is 8.58. The Morgan fingerprint density at radius 2 is 1.93 bits per heavy atom. The number of nitriles is 1. The summed E-state index contributed by atoms with van der Waals surface area (Å²) in [6.07, 6.45) is 3.40. The summed E-state index contributed by atoms with van der Waals surface area (Å²) in [7, 11) is 0. The maximum Gasteiger partial charge on any atom is 0.243 e. The smallest absolute Gasteiger partial charge is 0.243 e. The Kier molecular flexibility index (Phi) is 7.03. The van der Waals surface area contributed by atoms with Crippen LogP contribution >= 0.6 is 0 Å². The highest BCUT2D eigenvalue weighted by molar-refractivity contribution is 5.90. The molecule has 7 nitrogen and oxygen atoms in total. The molecule has 1 heterocycles. The van der Waals surface area contributed by atoms with Gasteiger partial charge < -0.3 is 16.4 Å². The van der Waals surface area contributed by atoms with Gasteiger partial charge in [-0.05, 0) is 31.0 Å². The van der Waals surface area contributed by atoms with Gasteiger partial charge in [-0.25, -0.2) is 0 Å². The largest absolute Gasteiger partial charge is 0.342 e. The molecule has 1 aromatic carbocycles. The summed E-state index contributed by atoms with van der Waals surface area (Å²) < 4.78 is 0. The van der Waals surface area contributed by atoms with Crippen molar-refractivity contribution in [3.8, 4) is 6.07 Å². The average molecular weight is 365 g/mol. The van der Waals surface area contributed by atoms with Gasteiger partial charge in [-0.1, -0.05) is 35.4 Å². The number of nitrogens with zero attached hydrogens (tertiary/aromatic N) is 2. The van der Waals surface area contributed by atoms with Crippen molar-refractivity contribution in [3.05, 3.63) is 65.0 Å². The number of nitrogens with two attached hydrogens (primary N) is 1. The number of aromatic nitrogens is 1. The third kappa shape index (κ3) is 5.90. The maximum absolute atomic E-state index is 12.5. The van der Waals surface area contributed by atoms with Crippen LogP contribution in [0.1, 0.15) is 28.3 Å². The van der Waals surface area contributed by atoms with E-state index in [2.05, 4.69) is 15.6 Å². The molecule has 7 heteroatoms. The van der Waals surface area contributed by atoms with E-state index in [1.165, 1.54) is 6.20 Å². The van der Waals surface area contributed by atoms with Crippen molar-refractivity contribution in [2.24, 2.45) is 5.73 Å². The van der Waals surface area contributed by atoms with Crippen LogP contribution in [-0.4, -0.2) is 29.4 Å². The normalized spacial score (nSPS) is 12.5. The number of hydrogen-bond donors (Lipinski definition) is 3. The molecule has 0 radical (unpaired) electrons. The second kappa shape index (κ2) is 9.46. The first kappa shape index (κ1) is 20.1. The van der Waals surface area contributed by atoms with E-state index in [1.54, 1.807) is 18.3 Å². The van der Waals surface area contributed by atoms with Crippen molar-refractivity contribution in [3.63, 3.8) is 0 Å². The summed E-state index contributed by atoms with van der Waals surface area (Å²) in [6, 6.07) is 9.43. The number of hydrogen-bond acceptors (Lipinski definition) is 5.